The summed E-state index contributed by atoms with van der Waals surface area (Å²) in [7, 11) is 1.60. The van der Waals surface area contributed by atoms with E-state index in [9.17, 15) is 4.79 Å². The Labute approximate surface area is 217 Å². The second-order valence-electron chi connectivity index (χ2n) is 7.71. The molecular weight excluding hydrogens is 532 g/mol. The molecule has 10 heteroatoms. The van der Waals surface area contributed by atoms with Gasteiger partial charge in [-0.3, -0.25) is 0 Å². The van der Waals surface area contributed by atoms with Crippen LogP contribution in [0.5, 0.6) is 11.5 Å². The highest BCUT2D eigenvalue weighted by molar-refractivity contribution is 9.10. The molecule has 35 heavy (non-hydrogen) atoms. The fourth-order valence-corrected chi connectivity index (χ4v) is 4.64. The van der Waals surface area contributed by atoms with Gasteiger partial charge in [0.15, 0.2) is 11.5 Å². The second kappa shape index (κ2) is 11.2. The van der Waals surface area contributed by atoms with Gasteiger partial charge in [0.05, 0.1) is 19.3 Å². The Hall–Kier alpha value is -2.98. The van der Waals surface area contributed by atoms with Gasteiger partial charge in [0, 0.05) is 10.2 Å². The highest BCUT2D eigenvalue weighted by Gasteiger charge is 2.35. The first kappa shape index (κ1) is 25.1. The maximum absolute atomic E-state index is 13.0. The average molecular weight is 559 g/mol. The van der Waals surface area contributed by atoms with Gasteiger partial charge in [-0.1, -0.05) is 52.8 Å². The Bertz CT molecular complexity index is 1240. The smallest absolute Gasteiger partial charge is 0.338 e. The van der Waals surface area contributed by atoms with Gasteiger partial charge in [-0.05, 0) is 55.0 Å². The van der Waals surface area contributed by atoms with Gasteiger partial charge in [-0.15, -0.1) is 5.10 Å². The van der Waals surface area contributed by atoms with Crippen molar-refractivity contribution in [1.29, 1.82) is 0 Å². The zero-order valence-corrected chi connectivity index (χ0v) is 22.4. The van der Waals surface area contributed by atoms with Crippen LogP contribution in [-0.2, 0) is 16.1 Å². The van der Waals surface area contributed by atoms with Crippen molar-refractivity contribution in [2.75, 3.05) is 24.8 Å². The molecule has 1 aliphatic heterocycles. The molecule has 0 fully saturated rings. The summed E-state index contributed by atoms with van der Waals surface area (Å²) >= 11 is 4.98. The summed E-state index contributed by atoms with van der Waals surface area (Å²) in [5.41, 5.74) is 2.99. The summed E-state index contributed by atoms with van der Waals surface area (Å²) in [6, 6.07) is 13.1. The van der Waals surface area contributed by atoms with Gasteiger partial charge in [-0.25, -0.2) is 9.48 Å². The summed E-state index contributed by atoms with van der Waals surface area (Å²) < 4.78 is 19.8. The predicted molar refractivity (Wildman–Crippen MR) is 139 cm³/mol. The van der Waals surface area contributed by atoms with Crippen molar-refractivity contribution in [2.24, 2.45) is 0 Å². The van der Waals surface area contributed by atoms with Crippen LogP contribution in [0.15, 0.2) is 63.4 Å². The Morgan fingerprint density at radius 2 is 1.94 bits per heavy atom. The highest BCUT2D eigenvalue weighted by atomic mass is 79.9. The van der Waals surface area contributed by atoms with E-state index in [-0.39, 0.29) is 6.61 Å². The fraction of sp³-hybridized carbons (Fsp3) is 0.320. The van der Waals surface area contributed by atoms with E-state index >= 15 is 0 Å². The number of nitrogens with one attached hydrogen (secondary N) is 1. The van der Waals surface area contributed by atoms with Crippen LogP contribution in [0.25, 0.3) is 0 Å². The topological polar surface area (TPSA) is 87.5 Å². The van der Waals surface area contributed by atoms with E-state index < -0.39 is 12.0 Å². The lowest BCUT2D eigenvalue weighted by atomic mass is 9.95. The van der Waals surface area contributed by atoms with Crippen LogP contribution in [0.1, 0.15) is 37.9 Å². The molecule has 1 aromatic heterocycles. The molecule has 8 nitrogen and oxygen atoms in total. The standard InChI is InChI=1S/C25H27BrN4O4S/c1-5-33-23(31)21-15(3)27-24-28-25(35-6-2)29-30(24)22(21)17-9-12-19(20(13-17)32-4)34-14-16-7-10-18(26)11-8-16/h7-13,22H,5-6,14H2,1-4H3,(H,27,28,29). The summed E-state index contributed by atoms with van der Waals surface area (Å²) in [5, 5.41) is 8.52. The van der Waals surface area contributed by atoms with E-state index in [0.717, 1.165) is 21.4 Å². The van der Waals surface area contributed by atoms with E-state index in [2.05, 4.69) is 31.3 Å². The Kier molecular flexibility index (Phi) is 8.02. The third-order valence-electron chi connectivity index (χ3n) is 5.41. The normalized spacial score (nSPS) is 14.8. The molecule has 3 aromatic rings. The average Bonchev–Trinajstić information content (AvgIpc) is 3.25. The van der Waals surface area contributed by atoms with Gasteiger partial charge in [-0.2, -0.15) is 4.98 Å². The molecule has 0 saturated heterocycles. The van der Waals surface area contributed by atoms with E-state index in [1.165, 1.54) is 11.8 Å². The zero-order valence-electron chi connectivity index (χ0n) is 20.0. The number of methoxy groups -OCH3 is 1. The van der Waals surface area contributed by atoms with Crippen LogP contribution < -0.4 is 14.8 Å². The van der Waals surface area contributed by atoms with Crippen LogP contribution in [0.4, 0.5) is 5.95 Å². The molecule has 1 aliphatic rings. The van der Waals surface area contributed by atoms with Crippen molar-refractivity contribution in [3.8, 4) is 11.5 Å². The van der Waals surface area contributed by atoms with E-state index in [4.69, 9.17) is 14.2 Å². The Balaban J connectivity index is 1.70. The lowest BCUT2D eigenvalue weighted by Gasteiger charge is -2.28. The maximum Gasteiger partial charge on any atom is 0.338 e. The quantitative estimate of drug-likeness (QED) is 0.268. The fourth-order valence-electron chi connectivity index (χ4n) is 3.82. The van der Waals surface area contributed by atoms with E-state index in [0.29, 0.717) is 40.5 Å². The number of thioether (sulfide) groups is 1. The number of allylic oxidation sites excluding steroid dienone is 1. The number of hydrogen-bond donors (Lipinski definition) is 1. The largest absolute Gasteiger partial charge is 0.493 e. The monoisotopic (exact) mass is 558 g/mol. The molecule has 0 amide bonds. The number of carbonyl (C=O) groups is 1. The van der Waals surface area contributed by atoms with Crippen LogP contribution in [0, 0.1) is 0 Å². The molecule has 1 atom stereocenters. The Morgan fingerprint density at radius 1 is 1.17 bits per heavy atom. The molecule has 1 N–H and O–H groups in total. The number of rotatable bonds is 9. The minimum absolute atomic E-state index is 0.273. The first-order chi connectivity index (χ1) is 16.9. The van der Waals surface area contributed by atoms with Crippen molar-refractivity contribution in [1.82, 2.24) is 14.8 Å². The van der Waals surface area contributed by atoms with Gasteiger partial charge in [0.25, 0.3) is 0 Å². The summed E-state index contributed by atoms with van der Waals surface area (Å²) in [4.78, 5) is 17.6. The number of halogens is 1. The first-order valence-corrected chi connectivity index (χ1v) is 13.0. The molecule has 2 aromatic carbocycles. The number of ether oxygens (including phenoxy) is 3. The number of esters is 1. The van der Waals surface area contributed by atoms with Crippen molar-refractivity contribution < 1.29 is 19.0 Å². The van der Waals surface area contributed by atoms with Crippen LogP contribution in [0.3, 0.4) is 0 Å². The third kappa shape index (κ3) is 5.48. The number of hydrogen-bond acceptors (Lipinski definition) is 8. The van der Waals surface area contributed by atoms with Crippen LogP contribution >= 0.6 is 27.7 Å². The van der Waals surface area contributed by atoms with Crippen molar-refractivity contribution in [3.05, 3.63) is 69.3 Å². The first-order valence-electron chi connectivity index (χ1n) is 11.2. The van der Waals surface area contributed by atoms with Gasteiger partial charge < -0.3 is 19.5 Å². The molecule has 0 saturated carbocycles. The number of fused-ring (bicyclic) bond motifs is 1. The molecule has 0 spiro atoms. The second-order valence-corrected chi connectivity index (χ2v) is 9.85. The van der Waals surface area contributed by atoms with E-state index in [1.54, 1.807) is 18.7 Å². The minimum Gasteiger partial charge on any atom is -0.493 e. The Morgan fingerprint density at radius 3 is 2.63 bits per heavy atom. The summed E-state index contributed by atoms with van der Waals surface area (Å²) in [5.74, 6) is 2.18. The van der Waals surface area contributed by atoms with Crippen molar-refractivity contribution >= 4 is 39.6 Å². The lowest BCUT2D eigenvalue weighted by Crippen LogP contribution is -2.29. The van der Waals surface area contributed by atoms with Crippen LogP contribution in [0.2, 0.25) is 0 Å². The van der Waals surface area contributed by atoms with Crippen molar-refractivity contribution in [2.45, 2.75) is 38.6 Å². The number of carbonyl (C=O) groups excluding carboxylic acids is 1. The SMILES string of the molecule is CCOC(=O)C1=C(C)Nc2nc(SCC)nn2C1c1ccc(OCc2ccc(Br)cc2)c(OC)c1. The number of nitrogens with zero attached hydrogens (tertiary/aromatic N) is 3. The molecule has 184 valence electrons. The molecule has 0 aliphatic carbocycles. The van der Waals surface area contributed by atoms with Crippen molar-refractivity contribution in [3.63, 3.8) is 0 Å². The highest BCUT2D eigenvalue weighted by Crippen LogP contribution is 2.40. The number of anilines is 1. The summed E-state index contributed by atoms with van der Waals surface area (Å²) in [6.45, 7) is 6.35. The molecule has 2 heterocycles. The molecule has 0 bridgehead atoms. The predicted octanol–water partition coefficient (Wildman–Crippen LogP) is 5.59. The molecule has 1 unspecified atom stereocenters. The minimum atomic E-state index is -0.529. The summed E-state index contributed by atoms with van der Waals surface area (Å²) in [6.07, 6.45) is 0. The number of aromatic nitrogens is 3. The maximum atomic E-state index is 13.0. The number of benzene rings is 2. The molecule has 4 rings (SSSR count). The third-order valence-corrected chi connectivity index (χ3v) is 6.66. The van der Waals surface area contributed by atoms with Gasteiger partial charge in [0.1, 0.15) is 12.6 Å². The van der Waals surface area contributed by atoms with Gasteiger partial charge in [0.2, 0.25) is 11.1 Å². The van der Waals surface area contributed by atoms with Crippen LogP contribution in [-0.4, -0.2) is 40.2 Å². The lowest BCUT2D eigenvalue weighted by molar-refractivity contribution is -0.139. The molecular formula is C25H27BrN4O4S. The van der Waals surface area contributed by atoms with E-state index in [1.807, 2.05) is 56.3 Å². The van der Waals surface area contributed by atoms with Gasteiger partial charge >= 0.3 is 5.97 Å². The zero-order chi connectivity index (χ0) is 24.9. The molecule has 0 radical (unpaired) electrons.